The predicted octanol–water partition coefficient (Wildman–Crippen LogP) is 3.63. The maximum Gasteiger partial charge on any atom is 0.187 e. The van der Waals surface area contributed by atoms with Crippen LogP contribution in [0, 0.1) is 0 Å². The molecule has 0 saturated carbocycles. The Hall–Kier alpha value is 0.491. The van der Waals surface area contributed by atoms with E-state index < -0.39 is 25.0 Å². The molecule has 7 heteroatoms. The van der Waals surface area contributed by atoms with Gasteiger partial charge in [-0.25, -0.2) is 0 Å². The summed E-state index contributed by atoms with van der Waals surface area (Å²) >= 11 is 0. The molecule has 20 heavy (non-hydrogen) atoms. The SMILES string of the molecule is C[Si](C)(C)OC1OC[C@@H](O[Si](C)(C)C)[C@H]1O[Si](C)(C)C. The molecular weight excluding hydrogens is 304 g/mol. The normalized spacial score (nSPS) is 28.9. The van der Waals surface area contributed by atoms with Gasteiger partial charge in [0.15, 0.2) is 31.2 Å². The molecule has 1 heterocycles. The Kier molecular flexibility index (Phi) is 5.85. The fourth-order valence-corrected chi connectivity index (χ4v) is 5.19. The number of hydrogen-bond acceptors (Lipinski definition) is 4. The number of rotatable bonds is 6. The highest BCUT2D eigenvalue weighted by molar-refractivity contribution is 6.70. The monoisotopic (exact) mass is 336 g/mol. The third kappa shape index (κ3) is 6.97. The van der Waals surface area contributed by atoms with E-state index in [0.717, 1.165) is 0 Å². The minimum Gasteiger partial charge on any atom is -0.410 e. The third-order valence-electron chi connectivity index (χ3n) is 2.52. The minimum absolute atomic E-state index is 0.00902. The van der Waals surface area contributed by atoms with Gasteiger partial charge in [-0.3, -0.25) is 0 Å². The molecule has 0 spiro atoms. The highest BCUT2D eigenvalue weighted by Gasteiger charge is 2.45. The molecular formula is C13H32O4Si3. The molecule has 0 aliphatic carbocycles. The topological polar surface area (TPSA) is 36.9 Å². The van der Waals surface area contributed by atoms with E-state index in [1.165, 1.54) is 0 Å². The molecule has 0 bridgehead atoms. The lowest BCUT2D eigenvalue weighted by atomic mass is 10.2. The van der Waals surface area contributed by atoms with Crippen LogP contribution in [0.5, 0.6) is 0 Å². The maximum absolute atomic E-state index is 6.32. The predicted molar refractivity (Wildman–Crippen MR) is 90.6 cm³/mol. The van der Waals surface area contributed by atoms with E-state index in [2.05, 4.69) is 58.9 Å². The van der Waals surface area contributed by atoms with Crippen molar-refractivity contribution in [2.45, 2.75) is 77.4 Å². The third-order valence-corrected chi connectivity index (χ3v) is 5.45. The van der Waals surface area contributed by atoms with Gasteiger partial charge in [-0.05, 0) is 58.9 Å². The molecule has 4 nitrogen and oxygen atoms in total. The summed E-state index contributed by atoms with van der Waals surface area (Å²) in [5, 5.41) is 0. The highest BCUT2D eigenvalue weighted by Crippen LogP contribution is 2.29. The average Bonchev–Trinajstić information content (AvgIpc) is 2.42. The Balaban J connectivity index is 2.81. The Morgan fingerprint density at radius 3 is 1.55 bits per heavy atom. The molecule has 0 aromatic heterocycles. The number of ether oxygens (including phenoxy) is 1. The fourth-order valence-electron chi connectivity index (χ4n) is 2.10. The van der Waals surface area contributed by atoms with Gasteiger partial charge < -0.3 is 18.0 Å². The minimum atomic E-state index is -1.67. The molecule has 1 rings (SSSR count). The first-order chi connectivity index (χ1) is 8.77. The second kappa shape index (κ2) is 6.31. The van der Waals surface area contributed by atoms with Gasteiger partial charge in [0.05, 0.1) is 12.7 Å². The van der Waals surface area contributed by atoms with Gasteiger partial charge in [0.1, 0.15) is 6.10 Å². The van der Waals surface area contributed by atoms with Crippen LogP contribution in [-0.2, 0) is 18.0 Å². The maximum atomic E-state index is 6.32. The Morgan fingerprint density at radius 1 is 0.700 bits per heavy atom. The molecule has 0 aromatic rings. The van der Waals surface area contributed by atoms with Gasteiger partial charge in [0, 0.05) is 0 Å². The van der Waals surface area contributed by atoms with Crippen molar-refractivity contribution < 1.29 is 18.0 Å². The Bertz CT molecular complexity index is 293. The van der Waals surface area contributed by atoms with Crippen LogP contribution < -0.4 is 0 Å². The van der Waals surface area contributed by atoms with Crippen LogP contribution in [0.2, 0.25) is 58.9 Å². The highest BCUT2D eigenvalue weighted by atomic mass is 28.4. The lowest BCUT2D eigenvalue weighted by Crippen LogP contribution is -2.48. The molecule has 1 aliphatic rings. The smallest absolute Gasteiger partial charge is 0.187 e. The van der Waals surface area contributed by atoms with Gasteiger partial charge in [0.2, 0.25) is 0 Å². The molecule has 1 saturated heterocycles. The summed E-state index contributed by atoms with van der Waals surface area (Å²) in [6.07, 6.45) is -0.343. The van der Waals surface area contributed by atoms with E-state index in [4.69, 9.17) is 18.0 Å². The van der Waals surface area contributed by atoms with E-state index in [-0.39, 0.29) is 18.5 Å². The molecule has 0 amide bonds. The van der Waals surface area contributed by atoms with E-state index in [0.29, 0.717) is 6.61 Å². The molecule has 3 atom stereocenters. The molecule has 0 radical (unpaired) electrons. The van der Waals surface area contributed by atoms with Gasteiger partial charge in [-0.15, -0.1) is 0 Å². The fraction of sp³-hybridized carbons (Fsp3) is 1.00. The molecule has 1 unspecified atom stereocenters. The first-order valence-corrected chi connectivity index (χ1v) is 17.6. The standard InChI is InChI=1S/C13H32O4Si3/c1-18(2,3)15-11-10-14-13(17-20(7,8)9)12(11)16-19(4,5)6/h11-13H,10H2,1-9H3/t11-,12-,13?/m1/s1. The molecule has 0 aromatic carbocycles. The van der Waals surface area contributed by atoms with Crippen molar-refractivity contribution in [3.05, 3.63) is 0 Å². The second-order valence-corrected chi connectivity index (χ2v) is 21.8. The second-order valence-electron chi connectivity index (χ2n) is 8.40. The van der Waals surface area contributed by atoms with Crippen LogP contribution in [-0.4, -0.2) is 50.1 Å². The summed E-state index contributed by atoms with van der Waals surface area (Å²) in [4.78, 5) is 0. The quantitative estimate of drug-likeness (QED) is 0.694. The van der Waals surface area contributed by atoms with E-state index in [9.17, 15) is 0 Å². The van der Waals surface area contributed by atoms with E-state index in [1.54, 1.807) is 0 Å². The van der Waals surface area contributed by atoms with Crippen molar-refractivity contribution >= 4 is 25.0 Å². The van der Waals surface area contributed by atoms with Crippen LogP contribution in [0.4, 0.5) is 0 Å². The molecule has 120 valence electrons. The van der Waals surface area contributed by atoms with Crippen LogP contribution in [0.1, 0.15) is 0 Å². The van der Waals surface area contributed by atoms with Crippen molar-refractivity contribution in [2.24, 2.45) is 0 Å². The zero-order chi connectivity index (χ0) is 15.8. The zero-order valence-electron chi connectivity index (χ0n) is 14.6. The lowest BCUT2D eigenvalue weighted by Gasteiger charge is -2.34. The van der Waals surface area contributed by atoms with Crippen molar-refractivity contribution in [2.75, 3.05) is 6.61 Å². The Morgan fingerprint density at radius 2 is 1.15 bits per heavy atom. The summed E-state index contributed by atoms with van der Waals surface area (Å²) < 4.78 is 24.6. The average molecular weight is 337 g/mol. The van der Waals surface area contributed by atoms with Gasteiger partial charge >= 0.3 is 0 Å². The van der Waals surface area contributed by atoms with Gasteiger partial charge in [0.25, 0.3) is 0 Å². The largest absolute Gasteiger partial charge is 0.410 e. The van der Waals surface area contributed by atoms with Crippen LogP contribution in [0.15, 0.2) is 0 Å². The van der Waals surface area contributed by atoms with Gasteiger partial charge in [-0.1, -0.05) is 0 Å². The summed E-state index contributed by atoms with van der Waals surface area (Å²) in [6.45, 7) is 20.3. The van der Waals surface area contributed by atoms with Crippen LogP contribution >= 0.6 is 0 Å². The van der Waals surface area contributed by atoms with Crippen LogP contribution in [0.25, 0.3) is 0 Å². The summed E-state index contributed by atoms with van der Waals surface area (Å²) in [6, 6.07) is 0. The van der Waals surface area contributed by atoms with E-state index in [1.807, 2.05) is 0 Å². The van der Waals surface area contributed by atoms with Crippen molar-refractivity contribution in [1.82, 2.24) is 0 Å². The van der Waals surface area contributed by atoms with Crippen LogP contribution in [0.3, 0.4) is 0 Å². The van der Waals surface area contributed by atoms with Crippen molar-refractivity contribution in [3.63, 3.8) is 0 Å². The zero-order valence-corrected chi connectivity index (χ0v) is 17.6. The van der Waals surface area contributed by atoms with E-state index >= 15 is 0 Å². The first-order valence-electron chi connectivity index (χ1n) is 7.42. The lowest BCUT2D eigenvalue weighted by molar-refractivity contribution is -0.0922. The van der Waals surface area contributed by atoms with Crippen molar-refractivity contribution in [1.29, 1.82) is 0 Å². The molecule has 0 N–H and O–H groups in total. The summed E-state index contributed by atoms with van der Waals surface area (Å²) in [5.74, 6) is 0. The van der Waals surface area contributed by atoms with Crippen molar-refractivity contribution in [3.8, 4) is 0 Å². The first kappa shape index (κ1) is 18.5. The Labute approximate surface area is 127 Å². The summed E-state index contributed by atoms with van der Waals surface area (Å²) in [5.41, 5.74) is 0. The van der Waals surface area contributed by atoms with Gasteiger partial charge in [-0.2, -0.15) is 0 Å². The summed E-state index contributed by atoms with van der Waals surface area (Å²) in [7, 11) is -4.94. The molecule has 1 aliphatic heterocycles. The number of hydrogen-bond donors (Lipinski definition) is 0. The molecule has 1 fully saturated rings.